The Kier molecular flexibility index (Phi) is 5.05. The molecule has 0 spiro atoms. The quantitative estimate of drug-likeness (QED) is 0.890. The van der Waals surface area contributed by atoms with Crippen molar-refractivity contribution in [3.05, 3.63) is 34.6 Å². The second kappa shape index (κ2) is 6.42. The minimum absolute atomic E-state index is 0.310. The molecule has 0 aromatic heterocycles. The Bertz CT molecular complexity index is 464. The van der Waals surface area contributed by atoms with Gasteiger partial charge in [-0.15, -0.1) is 0 Å². The van der Waals surface area contributed by atoms with E-state index in [1.54, 1.807) is 6.07 Å². The van der Waals surface area contributed by atoms with Crippen molar-refractivity contribution in [3.63, 3.8) is 0 Å². The third-order valence-corrected chi connectivity index (χ3v) is 4.63. The zero-order chi connectivity index (χ0) is 14.8. The molecule has 0 aliphatic heterocycles. The Hall–Kier alpha value is -0.640. The van der Waals surface area contributed by atoms with E-state index in [0.717, 1.165) is 19.3 Å². The lowest BCUT2D eigenvalue weighted by molar-refractivity contribution is -0.0938. The van der Waals surface area contributed by atoms with Crippen LogP contribution in [0.1, 0.15) is 51.1 Å². The second-order valence-electron chi connectivity index (χ2n) is 5.84. The Morgan fingerprint density at radius 1 is 1.55 bits per heavy atom. The maximum Gasteiger partial charge on any atom is 0.123 e. The predicted molar refractivity (Wildman–Crippen MR) is 80.3 cm³/mol. The zero-order valence-corrected chi connectivity index (χ0v) is 12.9. The van der Waals surface area contributed by atoms with Gasteiger partial charge in [-0.2, -0.15) is 0 Å². The van der Waals surface area contributed by atoms with Crippen molar-refractivity contribution in [1.29, 1.82) is 0 Å². The van der Waals surface area contributed by atoms with E-state index >= 15 is 0 Å². The molecule has 0 radical (unpaired) electrons. The molecule has 2 nitrogen and oxygen atoms in total. The SMILES string of the molecule is CCOC1(C(N)c2cc(F)ccc2Cl)CCCC(C)C1. The lowest BCUT2D eigenvalue weighted by atomic mass is 9.73. The molecule has 0 bridgehead atoms. The second-order valence-corrected chi connectivity index (χ2v) is 6.25. The van der Waals surface area contributed by atoms with E-state index in [-0.39, 0.29) is 5.82 Å². The summed E-state index contributed by atoms with van der Waals surface area (Å²) >= 11 is 6.21. The van der Waals surface area contributed by atoms with Crippen LogP contribution in [0.2, 0.25) is 5.02 Å². The first-order valence-corrected chi connectivity index (χ1v) is 7.71. The summed E-state index contributed by atoms with van der Waals surface area (Å²) in [6.45, 7) is 4.79. The molecule has 20 heavy (non-hydrogen) atoms. The number of benzene rings is 1. The van der Waals surface area contributed by atoms with Gasteiger partial charge in [-0.3, -0.25) is 0 Å². The van der Waals surface area contributed by atoms with E-state index in [9.17, 15) is 4.39 Å². The van der Waals surface area contributed by atoms with E-state index in [2.05, 4.69) is 6.92 Å². The summed E-state index contributed by atoms with van der Waals surface area (Å²) in [4.78, 5) is 0. The van der Waals surface area contributed by atoms with Gasteiger partial charge in [0.15, 0.2) is 0 Å². The molecule has 1 aromatic carbocycles. The van der Waals surface area contributed by atoms with Crippen LogP contribution in [-0.4, -0.2) is 12.2 Å². The van der Waals surface area contributed by atoms with Crippen LogP contribution in [-0.2, 0) is 4.74 Å². The van der Waals surface area contributed by atoms with Crippen molar-refractivity contribution in [2.45, 2.75) is 51.2 Å². The van der Waals surface area contributed by atoms with Gasteiger partial charge in [0.05, 0.1) is 11.6 Å². The highest BCUT2D eigenvalue weighted by molar-refractivity contribution is 6.31. The largest absolute Gasteiger partial charge is 0.373 e. The number of hydrogen-bond acceptors (Lipinski definition) is 2. The first-order valence-electron chi connectivity index (χ1n) is 7.33. The standard InChI is InChI=1S/C16H23ClFNO/c1-3-20-16(8-4-5-11(2)10-16)15(19)13-9-12(18)6-7-14(13)17/h6-7,9,11,15H,3-5,8,10,19H2,1-2H3. The van der Waals surface area contributed by atoms with Gasteiger partial charge in [-0.05, 0) is 49.4 Å². The van der Waals surface area contributed by atoms with E-state index < -0.39 is 11.6 Å². The van der Waals surface area contributed by atoms with E-state index in [1.165, 1.54) is 18.6 Å². The minimum atomic E-state index is -0.427. The van der Waals surface area contributed by atoms with Crippen LogP contribution in [0, 0.1) is 11.7 Å². The normalized spacial score (nSPS) is 28.4. The summed E-state index contributed by atoms with van der Waals surface area (Å²) < 4.78 is 19.6. The van der Waals surface area contributed by atoms with Crippen molar-refractivity contribution in [1.82, 2.24) is 0 Å². The topological polar surface area (TPSA) is 35.2 Å². The predicted octanol–water partition coefficient (Wildman–Crippen LogP) is 4.46. The van der Waals surface area contributed by atoms with Crippen LogP contribution in [0.25, 0.3) is 0 Å². The molecule has 1 saturated carbocycles. The molecule has 3 unspecified atom stereocenters. The van der Waals surface area contributed by atoms with Crippen molar-refractivity contribution in [2.75, 3.05) is 6.61 Å². The fraction of sp³-hybridized carbons (Fsp3) is 0.625. The average molecular weight is 300 g/mol. The summed E-state index contributed by atoms with van der Waals surface area (Å²) in [5.74, 6) is 0.254. The van der Waals surface area contributed by atoms with Crippen LogP contribution in [0.5, 0.6) is 0 Å². The minimum Gasteiger partial charge on any atom is -0.373 e. The fourth-order valence-corrected chi connectivity index (χ4v) is 3.61. The van der Waals surface area contributed by atoms with Crippen molar-refractivity contribution >= 4 is 11.6 Å². The van der Waals surface area contributed by atoms with Crippen LogP contribution in [0.3, 0.4) is 0 Å². The maximum absolute atomic E-state index is 13.5. The number of nitrogens with two attached hydrogens (primary N) is 1. The maximum atomic E-state index is 13.5. The summed E-state index contributed by atoms with van der Waals surface area (Å²) in [6.07, 6.45) is 4.08. The summed E-state index contributed by atoms with van der Waals surface area (Å²) in [5, 5.41) is 0.510. The molecule has 3 atom stereocenters. The highest BCUT2D eigenvalue weighted by Gasteiger charge is 2.42. The van der Waals surface area contributed by atoms with Crippen LogP contribution < -0.4 is 5.73 Å². The fourth-order valence-electron chi connectivity index (χ4n) is 3.37. The molecule has 0 heterocycles. The van der Waals surface area contributed by atoms with Crippen LogP contribution in [0.15, 0.2) is 18.2 Å². The van der Waals surface area contributed by atoms with Gasteiger partial charge in [-0.25, -0.2) is 4.39 Å². The lowest BCUT2D eigenvalue weighted by Gasteiger charge is -2.44. The van der Waals surface area contributed by atoms with Gasteiger partial charge >= 0.3 is 0 Å². The summed E-state index contributed by atoms with van der Waals surface area (Å²) in [5.41, 5.74) is 6.67. The molecule has 1 aromatic rings. The van der Waals surface area contributed by atoms with Gasteiger partial charge in [0.1, 0.15) is 5.82 Å². The molecule has 0 amide bonds. The van der Waals surface area contributed by atoms with Gasteiger partial charge in [0.2, 0.25) is 0 Å². The monoisotopic (exact) mass is 299 g/mol. The zero-order valence-electron chi connectivity index (χ0n) is 12.2. The third kappa shape index (κ3) is 3.16. The number of ether oxygens (including phenoxy) is 1. The van der Waals surface area contributed by atoms with Gasteiger partial charge in [0, 0.05) is 11.6 Å². The lowest BCUT2D eigenvalue weighted by Crippen LogP contribution is -2.47. The van der Waals surface area contributed by atoms with Gasteiger partial charge in [0.25, 0.3) is 0 Å². The van der Waals surface area contributed by atoms with Gasteiger partial charge < -0.3 is 10.5 Å². The van der Waals surface area contributed by atoms with Crippen LogP contribution in [0.4, 0.5) is 4.39 Å². The smallest absolute Gasteiger partial charge is 0.123 e. The van der Waals surface area contributed by atoms with Crippen LogP contribution >= 0.6 is 11.6 Å². The first-order chi connectivity index (χ1) is 9.48. The Morgan fingerprint density at radius 2 is 2.30 bits per heavy atom. The average Bonchev–Trinajstić information content (AvgIpc) is 2.41. The third-order valence-electron chi connectivity index (χ3n) is 4.28. The molecule has 2 rings (SSSR count). The molecular weight excluding hydrogens is 277 g/mol. The van der Waals surface area contributed by atoms with Gasteiger partial charge in [-0.1, -0.05) is 31.4 Å². The Balaban J connectivity index is 2.35. The first kappa shape index (κ1) is 15.7. The molecule has 1 aliphatic rings. The summed E-state index contributed by atoms with van der Waals surface area (Å²) in [7, 11) is 0. The highest BCUT2D eigenvalue weighted by atomic mass is 35.5. The Morgan fingerprint density at radius 3 is 2.95 bits per heavy atom. The van der Waals surface area contributed by atoms with E-state index in [1.807, 2.05) is 6.92 Å². The molecule has 112 valence electrons. The summed E-state index contributed by atoms with van der Waals surface area (Å²) in [6, 6.07) is 3.97. The molecule has 4 heteroatoms. The number of hydrogen-bond donors (Lipinski definition) is 1. The molecular formula is C16H23ClFNO. The van der Waals surface area contributed by atoms with Crippen molar-refractivity contribution in [2.24, 2.45) is 11.7 Å². The van der Waals surface area contributed by atoms with Crippen molar-refractivity contribution < 1.29 is 9.13 Å². The molecule has 2 N–H and O–H groups in total. The van der Waals surface area contributed by atoms with Crippen molar-refractivity contribution in [3.8, 4) is 0 Å². The highest BCUT2D eigenvalue weighted by Crippen LogP contribution is 2.44. The molecule has 0 saturated heterocycles. The number of halogens is 2. The molecule has 1 fully saturated rings. The molecule has 1 aliphatic carbocycles. The van der Waals surface area contributed by atoms with E-state index in [0.29, 0.717) is 23.1 Å². The Labute approximate surface area is 125 Å². The number of rotatable bonds is 4. The van der Waals surface area contributed by atoms with E-state index in [4.69, 9.17) is 22.1 Å².